The smallest absolute Gasteiger partial charge is 0.0901 e. The third-order valence-corrected chi connectivity index (χ3v) is 2.11. The third-order valence-electron chi connectivity index (χ3n) is 2.11. The van der Waals surface area contributed by atoms with E-state index in [4.69, 9.17) is 6.42 Å². The van der Waals surface area contributed by atoms with Gasteiger partial charge >= 0.3 is 0 Å². The van der Waals surface area contributed by atoms with E-state index in [9.17, 15) is 5.11 Å². The van der Waals surface area contributed by atoms with E-state index >= 15 is 0 Å². The van der Waals surface area contributed by atoms with Crippen molar-refractivity contribution in [3.05, 3.63) is 35.4 Å². The summed E-state index contributed by atoms with van der Waals surface area (Å²) in [6.07, 6.45) is 5.95. The Labute approximate surface area is 79.4 Å². The van der Waals surface area contributed by atoms with Crippen molar-refractivity contribution in [1.82, 2.24) is 0 Å². The zero-order valence-corrected chi connectivity index (χ0v) is 7.83. The van der Waals surface area contributed by atoms with Gasteiger partial charge in [-0.05, 0) is 17.5 Å². The lowest BCUT2D eigenvalue weighted by Gasteiger charge is -2.11. The molecule has 0 aliphatic carbocycles. The van der Waals surface area contributed by atoms with E-state index < -0.39 is 6.10 Å². The van der Waals surface area contributed by atoms with Crippen molar-refractivity contribution in [3.63, 3.8) is 0 Å². The molecule has 1 nitrogen and oxygen atoms in total. The summed E-state index contributed by atoms with van der Waals surface area (Å²) in [4.78, 5) is 0. The number of aliphatic hydroxyl groups is 1. The molecule has 1 N–H and O–H groups in total. The summed E-state index contributed by atoms with van der Waals surface area (Å²) in [6, 6.07) is 7.86. The number of aryl methyl sites for hydroxylation is 1. The highest BCUT2D eigenvalue weighted by atomic mass is 16.3. The molecule has 1 heteroatoms. The highest BCUT2D eigenvalue weighted by Gasteiger charge is 2.08. The molecule has 0 heterocycles. The zero-order chi connectivity index (χ0) is 9.68. The van der Waals surface area contributed by atoms with E-state index in [1.807, 2.05) is 24.3 Å². The van der Waals surface area contributed by atoms with E-state index in [1.54, 1.807) is 0 Å². The van der Waals surface area contributed by atoms with Crippen LogP contribution in [0.15, 0.2) is 24.3 Å². The second kappa shape index (κ2) is 4.69. The Balaban J connectivity index is 2.93. The summed E-state index contributed by atoms with van der Waals surface area (Å²) in [5.74, 6) is 2.47. The lowest BCUT2D eigenvalue weighted by atomic mass is 9.99. The van der Waals surface area contributed by atoms with Crippen molar-refractivity contribution >= 4 is 0 Å². The number of benzene rings is 1. The largest absolute Gasteiger partial charge is 0.387 e. The van der Waals surface area contributed by atoms with Gasteiger partial charge in [0.25, 0.3) is 0 Å². The predicted octanol–water partition coefficient (Wildman–Crippen LogP) is 2.31. The second-order valence-corrected chi connectivity index (χ2v) is 2.98. The molecule has 1 aromatic rings. The maximum absolute atomic E-state index is 9.69. The van der Waals surface area contributed by atoms with Gasteiger partial charge < -0.3 is 5.11 Å². The topological polar surface area (TPSA) is 20.2 Å². The Morgan fingerprint density at radius 3 is 2.77 bits per heavy atom. The van der Waals surface area contributed by atoms with E-state index in [0.717, 1.165) is 12.0 Å². The first-order chi connectivity index (χ1) is 6.29. The average Bonchev–Trinajstić information content (AvgIpc) is 2.18. The van der Waals surface area contributed by atoms with Crippen LogP contribution in [0.25, 0.3) is 0 Å². The molecule has 0 aliphatic rings. The van der Waals surface area contributed by atoms with E-state index in [2.05, 4.69) is 12.8 Å². The first-order valence-electron chi connectivity index (χ1n) is 4.49. The molecule has 0 aromatic heterocycles. The summed E-state index contributed by atoms with van der Waals surface area (Å²) in [7, 11) is 0. The Morgan fingerprint density at radius 2 is 2.15 bits per heavy atom. The van der Waals surface area contributed by atoms with Gasteiger partial charge in [-0.25, -0.2) is 0 Å². The molecule has 1 atom stereocenters. The molecule has 1 rings (SSSR count). The number of hydrogen-bond donors (Lipinski definition) is 1. The van der Waals surface area contributed by atoms with Crippen LogP contribution in [-0.2, 0) is 6.42 Å². The standard InChI is InChI=1S/C12H14O/c1-3-7-12(13)11-9-6-5-8-10(11)4-2/h1,5-6,8-9,12-13H,4,7H2,2H3. The fraction of sp³-hybridized carbons (Fsp3) is 0.333. The minimum absolute atomic E-state index is 0.386. The Morgan fingerprint density at radius 1 is 1.46 bits per heavy atom. The Kier molecular flexibility index (Phi) is 3.54. The predicted molar refractivity (Wildman–Crippen MR) is 54.2 cm³/mol. The molecule has 0 fully saturated rings. The second-order valence-electron chi connectivity index (χ2n) is 2.98. The van der Waals surface area contributed by atoms with E-state index in [-0.39, 0.29) is 0 Å². The highest BCUT2D eigenvalue weighted by molar-refractivity contribution is 5.29. The monoisotopic (exact) mass is 174 g/mol. The van der Waals surface area contributed by atoms with Crippen molar-refractivity contribution in [2.75, 3.05) is 0 Å². The maximum Gasteiger partial charge on any atom is 0.0901 e. The molecular weight excluding hydrogens is 160 g/mol. The first-order valence-corrected chi connectivity index (χ1v) is 4.49. The summed E-state index contributed by atoms with van der Waals surface area (Å²) < 4.78 is 0. The van der Waals surface area contributed by atoms with E-state index in [0.29, 0.717) is 6.42 Å². The van der Waals surface area contributed by atoms with Crippen molar-refractivity contribution in [2.45, 2.75) is 25.9 Å². The van der Waals surface area contributed by atoms with Crippen LogP contribution in [0.5, 0.6) is 0 Å². The number of rotatable bonds is 3. The molecule has 0 saturated heterocycles. The van der Waals surface area contributed by atoms with Crippen molar-refractivity contribution in [1.29, 1.82) is 0 Å². The molecule has 1 unspecified atom stereocenters. The van der Waals surface area contributed by atoms with Crippen LogP contribution in [0.2, 0.25) is 0 Å². The van der Waals surface area contributed by atoms with Crippen molar-refractivity contribution < 1.29 is 5.11 Å². The summed E-state index contributed by atoms with van der Waals surface area (Å²) in [6.45, 7) is 2.07. The highest BCUT2D eigenvalue weighted by Crippen LogP contribution is 2.20. The minimum atomic E-state index is -0.513. The normalized spacial score (nSPS) is 12.1. The molecular formula is C12H14O. The summed E-state index contributed by atoms with van der Waals surface area (Å²) in [5, 5.41) is 9.69. The van der Waals surface area contributed by atoms with Gasteiger partial charge in [-0.3, -0.25) is 0 Å². The van der Waals surface area contributed by atoms with Crippen molar-refractivity contribution in [3.8, 4) is 12.3 Å². The minimum Gasteiger partial charge on any atom is -0.387 e. The fourth-order valence-corrected chi connectivity index (χ4v) is 1.40. The van der Waals surface area contributed by atoms with Gasteiger partial charge in [0.2, 0.25) is 0 Å². The van der Waals surface area contributed by atoms with Crippen LogP contribution < -0.4 is 0 Å². The van der Waals surface area contributed by atoms with Gasteiger partial charge in [0, 0.05) is 6.42 Å². The lowest BCUT2D eigenvalue weighted by molar-refractivity contribution is 0.183. The molecule has 1 aromatic carbocycles. The molecule has 0 bridgehead atoms. The van der Waals surface area contributed by atoms with Gasteiger partial charge in [-0.15, -0.1) is 12.3 Å². The fourth-order valence-electron chi connectivity index (χ4n) is 1.40. The Hall–Kier alpha value is -1.26. The van der Waals surface area contributed by atoms with Crippen LogP contribution in [0.3, 0.4) is 0 Å². The summed E-state index contributed by atoms with van der Waals surface area (Å²) in [5.41, 5.74) is 2.13. The Bertz CT molecular complexity index is 309. The van der Waals surface area contributed by atoms with Crippen LogP contribution in [0.4, 0.5) is 0 Å². The van der Waals surface area contributed by atoms with Crippen LogP contribution in [0, 0.1) is 12.3 Å². The lowest BCUT2D eigenvalue weighted by Crippen LogP contribution is -2.00. The first kappa shape index (κ1) is 9.83. The number of aliphatic hydroxyl groups excluding tert-OH is 1. The third kappa shape index (κ3) is 2.34. The molecule has 0 aliphatic heterocycles. The van der Waals surface area contributed by atoms with Gasteiger partial charge in [0.05, 0.1) is 6.10 Å². The van der Waals surface area contributed by atoms with Gasteiger partial charge in [-0.2, -0.15) is 0 Å². The summed E-state index contributed by atoms with van der Waals surface area (Å²) >= 11 is 0. The quantitative estimate of drug-likeness (QED) is 0.697. The van der Waals surface area contributed by atoms with Gasteiger partial charge in [0.15, 0.2) is 0 Å². The molecule has 13 heavy (non-hydrogen) atoms. The van der Waals surface area contributed by atoms with Crippen LogP contribution in [0.1, 0.15) is 30.6 Å². The van der Waals surface area contributed by atoms with Gasteiger partial charge in [0.1, 0.15) is 0 Å². The van der Waals surface area contributed by atoms with Crippen LogP contribution >= 0.6 is 0 Å². The number of hydrogen-bond acceptors (Lipinski definition) is 1. The molecule has 0 saturated carbocycles. The van der Waals surface area contributed by atoms with Crippen molar-refractivity contribution in [2.24, 2.45) is 0 Å². The SMILES string of the molecule is C#CCC(O)c1ccccc1CC. The maximum atomic E-state index is 9.69. The molecule has 0 radical (unpaired) electrons. The molecule has 0 amide bonds. The van der Waals surface area contributed by atoms with E-state index in [1.165, 1.54) is 5.56 Å². The van der Waals surface area contributed by atoms with Gasteiger partial charge in [-0.1, -0.05) is 31.2 Å². The molecule has 0 spiro atoms. The van der Waals surface area contributed by atoms with Crippen LogP contribution in [-0.4, -0.2) is 5.11 Å². The molecule has 68 valence electrons. The number of terminal acetylenes is 1. The zero-order valence-electron chi connectivity index (χ0n) is 7.83. The average molecular weight is 174 g/mol.